The van der Waals surface area contributed by atoms with E-state index < -0.39 is 26.3 Å². The van der Waals surface area contributed by atoms with Crippen LogP contribution in [0.15, 0.2) is 0 Å². The molecule has 0 rings (SSSR count). The van der Waals surface area contributed by atoms with Gasteiger partial charge in [-0.15, -0.1) is 0 Å². The van der Waals surface area contributed by atoms with Crippen molar-refractivity contribution in [3.05, 3.63) is 0 Å². The summed E-state index contributed by atoms with van der Waals surface area (Å²) in [7, 11) is -1.74. The molecule has 0 heterocycles. The number of aliphatic hydroxyl groups excluding tert-OH is 1. The van der Waals surface area contributed by atoms with E-state index in [0.717, 1.165) is 38.5 Å². The molecule has 0 saturated carbocycles. The molecule has 0 aliphatic rings. The molecule has 0 aromatic carbocycles. The fourth-order valence-corrected chi connectivity index (χ4v) is 5.33. The minimum Gasteiger partial charge on any atom is -0.481 e. The molecule has 0 aliphatic carbocycles. The third kappa shape index (κ3) is 17.3. The number of carbonyl (C=O) groups is 1. The van der Waals surface area contributed by atoms with Gasteiger partial charge in [-0.1, -0.05) is 97.3 Å². The lowest BCUT2D eigenvalue weighted by atomic mass is 9.90. The molecule has 0 fully saturated rings. The van der Waals surface area contributed by atoms with Crippen LogP contribution in [0.3, 0.4) is 0 Å². The van der Waals surface area contributed by atoms with Gasteiger partial charge in [0.15, 0.2) is 8.32 Å². The Labute approximate surface area is 188 Å². The number of aliphatic carboxylic acids is 1. The smallest absolute Gasteiger partial charge is 0.309 e. The van der Waals surface area contributed by atoms with Crippen molar-refractivity contribution in [2.75, 3.05) is 0 Å². The van der Waals surface area contributed by atoms with Gasteiger partial charge in [0.25, 0.3) is 0 Å². The van der Waals surface area contributed by atoms with Crippen LogP contribution in [0.25, 0.3) is 0 Å². The van der Waals surface area contributed by atoms with E-state index in [-0.39, 0.29) is 6.10 Å². The maximum Gasteiger partial charge on any atom is 0.309 e. The van der Waals surface area contributed by atoms with E-state index in [4.69, 9.17) is 4.43 Å². The fraction of sp³-hybridized carbons (Fsp3) is 0.960. The van der Waals surface area contributed by atoms with Crippen molar-refractivity contribution in [2.45, 2.75) is 148 Å². The van der Waals surface area contributed by atoms with Gasteiger partial charge < -0.3 is 14.6 Å². The van der Waals surface area contributed by atoms with Crippen LogP contribution in [0.5, 0.6) is 0 Å². The predicted octanol–water partition coefficient (Wildman–Crippen LogP) is 7.55. The van der Waals surface area contributed by atoms with E-state index >= 15 is 0 Å². The lowest BCUT2D eigenvalue weighted by Crippen LogP contribution is -2.37. The van der Waals surface area contributed by atoms with Crippen LogP contribution in [0.1, 0.15) is 117 Å². The van der Waals surface area contributed by atoms with Crippen LogP contribution in [-0.4, -0.2) is 36.7 Å². The molecule has 0 saturated heterocycles. The topological polar surface area (TPSA) is 66.8 Å². The summed E-state index contributed by atoms with van der Waals surface area (Å²) in [6, 6.07) is 0. The summed E-state index contributed by atoms with van der Waals surface area (Å²) in [5.41, 5.74) is 0. The number of hydrogen-bond donors (Lipinski definition) is 2. The van der Waals surface area contributed by atoms with Crippen LogP contribution in [-0.2, 0) is 9.22 Å². The highest BCUT2D eigenvalue weighted by atomic mass is 28.4. The van der Waals surface area contributed by atoms with Crippen molar-refractivity contribution in [2.24, 2.45) is 5.92 Å². The standard InChI is InChI=1S/C25H52O4Si/c1-6-8-10-12-13-14-15-16-17-19-22(29-30(3,4)5)21-24(26)23(25(27)28)20-18-11-9-7-2/h22-24,26H,6-21H2,1-5H3,(H,27,28)/t22-,23+,24+/m1/s1. The molecule has 5 heteroatoms. The summed E-state index contributed by atoms with van der Waals surface area (Å²) in [6.45, 7) is 10.9. The quantitative estimate of drug-likeness (QED) is 0.142. The Morgan fingerprint density at radius 1 is 0.767 bits per heavy atom. The summed E-state index contributed by atoms with van der Waals surface area (Å²) < 4.78 is 6.34. The molecule has 180 valence electrons. The van der Waals surface area contributed by atoms with Crippen molar-refractivity contribution >= 4 is 14.3 Å². The molecule has 0 aromatic heterocycles. The monoisotopic (exact) mass is 444 g/mol. The summed E-state index contributed by atoms with van der Waals surface area (Å²) in [6.07, 6.45) is 16.9. The van der Waals surface area contributed by atoms with Crippen LogP contribution in [0, 0.1) is 5.92 Å². The number of unbranched alkanes of at least 4 members (excludes halogenated alkanes) is 11. The van der Waals surface area contributed by atoms with Gasteiger partial charge in [0.05, 0.1) is 12.0 Å². The van der Waals surface area contributed by atoms with Crippen LogP contribution < -0.4 is 0 Å². The van der Waals surface area contributed by atoms with Gasteiger partial charge in [-0.05, 0) is 38.9 Å². The highest BCUT2D eigenvalue weighted by molar-refractivity contribution is 6.69. The Kier molecular flexibility index (Phi) is 18.0. The summed E-state index contributed by atoms with van der Waals surface area (Å²) in [4.78, 5) is 11.7. The second kappa shape index (κ2) is 18.2. The molecule has 3 atom stereocenters. The number of carboxylic acid groups (broad SMARTS) is 1. The molecule has 0 unspecified atom stereocenters. The summed E-state index contributed by atoms with van der Waals surface area (Å²) >= 11 is 0. The number of hydrogen-bond acceptors (Lipinski definition) is 3. The van der Waals surface area contributed by atoms with Crippen LogP contribution in [0.4, 0.5) is 0 Å². The zero-order valence-electron chi connectivity index (χ0n) is 20.8. The van der Waals surface area contributed by atoms with Gasteiger partial charge >= 0.3 is 5.97 Å². The first kappa shape index (κ1) is 29.6. The minimum absolute atomic E-state index is 0.0197. The zero-order chi connectivity index (χ0) is 22.8. The predicted molar refractivity (Wildman–Crippen MR) is 131 cm³/mol. The number of rotatable bonds is 21. The first-order valence-corrected chi connectivity index (χ1v) is 16.2. The molecule has 0 aromatic rings. The highest BCUT2D eigenvalue weighted by Crippen LogP contribution is 2.24. The van der Waals surface area contributed by atoms with E-state index in [0.29, 0.717) is 12.8 Å². The van der Waals surface area contributed by atoms with E-state index in [9.17, 15) is 15.0 Å². The van der Waals surface area contributed by atoms with Crippen molar-refractivity contribution in [1.29, 1.82) is 0 Å². The van der Waals surface area contributed by atoms with E-state index in [1.807, 2.05) is 0 Å². The van der Waals surface area contributed by atoms with Crippen molar-refractivity contribution in [3.8, 4) is 0 Å². The average Bonchev–Trinajstić information content (AvgIpc) is 2.64. The molecule has 0 radical (unpaired) electrons. The molecule has 0 amide bonds. The van der Waals surface area contributed by atoms with Crippen molar-refractivity contribution in [1.82, 2.24) is 0 Å². The van der Waals surface area contributed by atoms with Gasteiger partial charge in [-0.3, -0.25) is 4.79 Å². The second-order valence-corrected chi connectivity index (χ2v) is 14.5. The molecule has 0 spiro atoms. The van der Waals surface area contributed by atoms with Gasteiger partial charge in [-0.25, -0.2) is 0 Å². The Balaban J connectivity index is 4.42. The lowest BCUT2D eigenvalue weighted by Gasteiger charge is -2.30. The Hall–Kier alpha value is -0.393. The molecule has 0 aliphatic heterocycles. The van der Waals surface area contributed by atoms with Gasteiger partial charge in [0, 0.05) is 6.10 Å². The van der Waals surface area contributed by atoms with Crippen LogP contribution in [0.2, 0.25) is 19.6 Å². The third-order valence-corrected chi connectivity index (χ3v) is 6.85. The fourth-order valence-electron chi connectivity index (χ4n) is 4.11. The van der Waals surface area contributed by atoms with Crippen molar-refractivity contribution in [3.63, 3.8) is 0 Å². The molecule has 30 heavy (non-hydrogen) atoms. The van der Waals surface area contributed by atoms with E-state index in [1.165, 1.54) is 51.4 Å². The zero-order valence-corrected chi connectivity index (χ0v) is 21.8. The third-order valence-electron chi connectivity index (χ3n) is 5.80. The highest BCUT2D eigenvalue weighted by Gasteiger charge is 2.30. The minimum atomic E-state index is -1.74. The summed E-state index contributed by atoms with van der Waals surface area (Å²) in [5.74, 6) is -1.54. The largest absolute Gasteiger partial charge is 0.481 e. The maximum absolute atomic E-state index is 11.7. The van der Waals surface area contributed by atoms with Gasteiger partial charge in [0.2, 0.25) is 0 Å². The van der Waals surface area contributed by atoms with E-state index in [2.05, 4.69) is 33.5 Å². The Bertz CT molecular complexity index is 408. The molecular weight excluding hydrogens is 392 g/mol. The maximum atomic E-state index is 11.7. The van der Waals surface area contributed by atoms with Gasteiger partial charge in [0.1, 0.15) is 0 Å². The normalized spacial score (nSPS) is 15.1. The molecule has 4 nitrogen and oxygen atoms in total. The number of aliphatic hydroxyl groups is 1. The average molecular weight is 445 g/mol. The SMILES string of the molecule is CCCCCCCCCCC[C@H](C[C@H](O)[C@H](CCCCCC)C(=O)O)O[Si](C)(C)C. The number of carboxylic acids is 1. The van der Waals surface area contributed by atoms with Crippen molar-refractivity contribution < 1.29 is 19.4 Å². The second-order valence-electron chi connectivity index (χ2n) is 10.1. The molecule has 0 bridgehead atoms. The van der Waals surface area contributed by atoms with E-state index in [1.54, 1.807) is 0 Å². The lowest BCUT2D eigenvalue weighted by molar-refractivity contribution is -0.146. The Morgan fingerprint density at radius 3 is 1.67 bits per heavy atom. The first-order valence-electron chi connectivity index (χ1n) is 12.8. The Morgan fingerprint density at radius 2 is 1.20 bits per heavy atom. The first-order chi connectivity index (χ1) is 14.2. The molecular formula is C25H52O4Si. The van der Waals surface area contributed by atoms with Gasteiger partial charge in [-0.2, -0.15) is 0 Å². The van der Waals surface area contributed by atoms with Crippen LogP contribution >= 0.6 is 0 Å². The summed E-state index contributed by atoms with van der Waals surface area (Å²) in [5, 5.41) is 20.3. The molecule has 2 N–H and O–H groups in total.